The van der Waals surface area contributed by atoms with E-state index in [-0.39, 0.29) is 0 Å². The van der Waals surface area contributed by atoms with Gasteiger partial charge >= 0.3 is 6.09 Å². The van der Waals surface area contributed by atoms with Crippen LogP contribution in [0.25, 0.3) is 22.0 Å². The molecule has 0 unspecified atom stereocenters. The van der Waals surface area contributed by atoms with Crippen molar-refractivity contribution in [1.82, 2.24) is 19.9 Å². The van der Waals surface area contributed by atoms with Crippen LogP contribution in [0.1, 0.15) is 32.2 Å². The van der Waals surface area contributed by atoms with Crippen LogP contribution in [0.5, 0.6) is 5.75 Å². The van der Waals surface area contributed by atoms with Crippen LogP contribution in [0, 0.1) is 11.8 Å². The lowest BCUT2D eigenvalue weighted by molar-refractivity contribution is 0.0516. The van der Waals surface area contributed by atoms with Gasteiger partial charge in [0.1, 0.15) is 11.4 Å². The second kappa shape index (κ2) is 10.5. The summed E-state index contributed by atoms with van der Waals surface area (Å²) < 4.78 is 12.6. The van der Waals surface area contributed by atoms with Crippen LogP contribution in [0.15, 0.2) is 67.1 Å². The predicted molar refractivity (Wildman–Crippen MR) is 141 cm³/mol. The summed E-state index contributed by atoms with van der Waals surface area (Å²) in [5.74, 6) is 7.70. The van der Waals surface area contributed by atoms with Gasteiger partial charge in [-0.15, -0.1) is 0 Å². The highest BCUT2D eigenvalue weighted by Crippen LogP contribution is 2.24. The van der Waals surface area contributed by atoms with E-state index in [1.54, 1.807) is 13.3 Å². The number of fused-ring (bicyclic) bond motifs is 1. The molecule has 0 saturated heterocycles. The van der Waals surface area contributed by atoms with E-state index in [9.17, 15) is 4.79 Å². The Morgan fingerprint density at radius 3 is 2.58 bits per heavy atom. The molecule has 0 aliphatic heterocycles. The second-order valence-corrected chi connectivity index (χ2v) is 9.48. The second-order valence-electron chi connectivity index (χ2n) is 9.48. The normalized spacial score (nSPS) is 11.9. The van der Waals surface area contributed by atoms with Crippen molar-refractivity contribution in [3.8, 4) is 28.8 Å². The van der Waals surface area contributed by atoms with Gasteiger partial charge in [0.2, 0.25) is 0 Å². The minimum absolute atomic E-state index is 0.471. The maximum Gasteiger partial charge on any atom is 0.408 e. The van der Waals surface area contributed by atoms with Crippen LogP contribution in [0.2, 0.25) is 0 Å². The quantitative estimate of drug-likeness (QED) is 0.399. The third-order valence-electron chi connectivity index (χ3n) is 5.57. The summed E-state index contributed by atoms with van der Waals surface area (Å²) in [7, 11) is 3.56. The van der Waals surface area contributed by atoms with Gasteiger partial charge in [-0.3, -0.25) is 4.98 Å². The number of rotatable bonds is 5. The van der Waals surface area contributed by atoms with Crippen molar-refractivity contribution in [2.45, 2.75) is 38.8 Å². The van der Waals surface area contributed by atoms with Gasteiger partial charge in [-0.25, -0.2) is 9.78 Å². The molecule has 4 aromatic rings. The Morgan fingerprint density at radius 1 is 1.08 bits per heavy atom. The third kappa shape index (κ3) is 6.22. The smallest absolute Gasteiger partial charge is 0.408 e. The summed E-state index contributed by atoms with van der Waals surface area (Å²) in [6.45, 7) is 5.49. The number of aromatic nitrogens is 3. The molecular weight excluding hydrogens is 452 g/mol. The number of alkyl carbamates (subject to hydrolysis) is 1. The molecule has 7 heteroatoms. The zero-order chi connectivity index (χ0) is 25.7. The van der Waals surface area contributed by atoms with Crippen LogP contribution >= 0.6 is 0 Å². The van der Waals surface area contributed by atoms with Gasteiger partial charge in [-0.2, -0.15) is 0 Å². The number of hydrogen-bond acceptors (Lipinski definition) is 5. The van der Waals surface area contributed by atoms with Crippen LogP contribution in [-0.2, 0) is 18.2 Å². The average molecular weight is 483 g/mol. The molecule has 0 spiro atoms. The van der Waals surface area contributed by atoms with Gasteiger partial charge in [-0.05, 0) is 61.9 Å². The molecule has 0 aliphatic carbocycles. The van der Waals surface area contributed by atoms with E-state index in [2.05, 4.69) is 39.3 Å². The lowest BCUT2D eigenvalue weighted by atomic mass is 10.1. The Labute approximate surface area is 211 Å². The van der Waals surface area contributed by atoms with E-state index in [0.29, 0.717) is 12.2 Å². The maximum absolute atomic E-state index is 12.5. The van der Waals surface area contributed by atoms with E-state index in [4.69, 9.17) is 9.47 Å². The average Bonchev–Trinajstić information content (AvgIpc) is 3.21. The van der Waals surface area contributed by atoms with E-state index in [0.717, 1.165) is 33.3 Å². The number of ether oxygens (including phenoxy) is 2. The number of carbonyl (C=O) groups excluding carboxylic acids is 1. The molecule has 184 valence electrons. The molecule has 1 atom stereocenters. The number of methoxy groups -OCH3 is 1. The highest BCUT2D eigenvalue weighted by molar-refractivity contribution is 5.86. The molecule has 2 aromatic carbocycles. The van der Waals surface area contributed by atoms with Crippen molar-refractivity contribution in [3.05, 3.63) is 78.5 Å². The zero-order valence-corrected chi connectivity index (χ0v) is 21.2. The maximum atomic E-state index is 12.5. The molecule has 1 amide bonds. The Kier molecular flexibility index (Phi) is 7.25. The van der Waals surface area contributed by atoms with E-state index in [1.165, 1.54) is 0 Å². The SMILES string of the molecule is COc1ccc(C[C@@H](C#Cc2ncc(-c3ccc4cnccc4c3)n2C)NC(=O)OC(C)(C)C)cc1. The highest BCUT2D eigenvalue weighted by Gasteiger charge is 2.19. The fraction of sp³-hybridized carbons (Fsp3) is 0.276. The number of amides is 1. The summed E-state index contributed by atoms with van der Waals surface area (Å²) in [5.41, 5.74) is 2.40. The highest BCUT2D eigenvalue weighted by atomic mass is 16.6. The Bertz CT molecular complexity index is 1420. The lowest BCUT2D eigenvalue weighted by Gasteiger charge is -2.21. The van der Waals surface area contributed by atoms with Gasteiger partial charge in [0.05, 0.1) is 25.0 Å². The van der Waals surface area contributed by atoms with E-state index >= 15 is 0 Å². The first-order chi connectivity index (χ1) is 17.2. The summed E-state index contributed by atoms with van der Waals surface area (Å²) in [5, 5.41) is 5.08. The predicted octanol–water partition coefficient (Wildman–Crippen LogP) is 5.13. The standard InChI is InChI=1S/C29H30N4O3/c1-29(2,3)36-28(34)32-24(16-20-6-11-25(35-5)12-7-20)10-13-27-31-19-26(33(27)4)22-8-9-23-18-30-15-14-21(23)17-22/h6-9,11-12,14-15,17-19,24H,16H2,1-5H3,(H,32,34)/t24-/m1/s1. The van der Waals surface area contributed by atoms with E-state index in [1.807, 2.05) is 81.2 Å². The Balaban J connectivity index is 1.59. The summed E-state index contributed by atoms with van der Waals surface area (Å²) in [6, 6.07) is 15.4. The lowest BCUT2D eigenvalue weighted by Crippen LogP contribution is -2.39. The number of benzene rings is 2. The molecule has 1 N–H and O–H groups in total. The molecule has 0 fully saturated rings. The molecule has 2 aromatic heterocycles. The zero-order valence-electron chi connectivity index (χ0n) is 21.2. The van der Waals surface area contributed by atoms with Crippen molar-refractivity contribution >= 4 is 16.9 Å². The molecule has 7 nitrogen and oxygen atoms in total. The molecule has 2 heterocycles. The molecule has 0 saturated carbocycles. The van der Waals surface area contributed by atoms with Crippen LogP contribution in [0.4, 0.5) is 4.79 Å². The van der Waals surface area contributed by atoms with Gasteiger partial charge in [-0.1, -0.05) is 30.2 Å². The fourth-order valence-corrected chi connectivity index (χ4v) is 3.77. The van der Waals surface area contributed by atoms with Crippen molar-refractivity contribution in [2.24, 2.45) is 7.05 Å². The monoisotopic (exact) mass is 482 g/mol. The van der Waals surface area contributed by atoms with E-state index < -0.39 is 17.7 Å². The molecule has 0 aliphatic rings. The molecule has 36 heavy (non-hydrogen) atoms. The first-order valence-corrected chi connectivity index (χ1v) is 11.7. The van der Waals surface area contributed by atoms with Crippen molar-refractivity contribution in [3.63, 3.8) is 0 Å². The largest absolute Gasteiger partial charge is 0.497 e. The van der Waals surface area contributed by atoms with Crippen LogP contribution in [0.3, 0.4) is 0 Å². The van der Waals surface area contributed by atoms with Gasteiger partial charge < -0.3 is 19.4 Å². The number of hydrogen-bond donors (Lipinski definition) is 1. The number of pyridine rings is 1. The number of nitrogens with one attached hydrogen (secondary N) is 1. The number of carbonyl (C=O) groups is 1. The molecule has 4 rings (SSSR count). The summed E-state index contributed by atoms with van der Waals surface area (Å²) >= 11 is 0. The molecule has 0 bridgehead atoms. The van der Waals surface area contributed by atoms with Crippen molar-refractivity contribution in [2.75, 3.05) is 7.11 Å². The van der Waals surface area contributed by atoms with Crippen LogP contribution < -0.4 is 10.1 Å². The van der Waals surface area contributed by atoms with Gasteiger partial charge in [0.15, 0.2) is 5.82 Å². The molecule has 0 radical (unpaired) electrons. The van der Waals surface area contributed by atoms with Gasteiger partial charge in [0, 0.05) is 36.8 Å². The topological polar surface area (TPSA) is 78.3 Å². The van der Waals surface area contributed by atoms with Crippen molar-refractivity contribution in [1.29, 1.82) is 0 Å². The Hall–Kier alpha value is -4.31. The van der Waals surface area contributed by atoms with Crippen LogP contribution in [-0.4, -0.2) is 39.4 Å². The first kappa shape index (κ1) is 24.8. The summed E-state index contributed by atoms with van der Waals surface area (Å²) in [4.78, 5) is 21.2. The first-order valence-electron chi connectivity index (χ1n) is 11.7. The van der Waals surface area contributed by atoms with Crippen molar-refractivity contribution < 1.29 is 14.3 Å². The fourth-order valence-electron chi connectivity index (χ4n) is 3.77. The molecular formula is C29H30N4O3. The van der Waals surface area contributed by atoms with Gasteiger partial charge in [0.25, 0.3) is 0 Å². The minimum Gasteiger partial charge on any atom is -0.497 e. The summed E-state index contributed by atoms with van der Waals surface area (Å²) in [6.07, 6.45) is 5.44. The number of nitrogens with zero attached hydrogens (tertiary/aromatic N) is 3. The Morgan fingerprint density at radius 2 is 1.86 bits per heavy atom. The minimum atomic E-state index is -0.604. The number of imidazole rings is 1. The third-order valence-corrected chi connectivity index (χ3v) is 5.57.